The lowest BCUT2D eigenvalue weighted by molar-refractivity contribution is 0.0593. The van der Waals surface area contributed by atoms with Crippen LogP contribution in [0.25, 0.3) is 27.8 Å². The van der Waals surface area contributed by atoms with E-state index in [4.69, 9.17) is 9.47 Å². The van der Waals surface area contributed by atoms with Gasteiger partial charge in [0.15, 0.2) is 5.69 Å². The van der Waals surface area contributed by atoms with Crippen LogP contribution < -0.4 is 4.74 Å². The van der Waals surface area contributed by atoms with E-state index in [9.17, 15) is 4.79 Å². The van der Waals surface area contributed by atoms with Gasteiger partial charge in [-0.25, -0.2) is 9.48 Å². The molecule has 2 heterocycles. The number of methoxy groups -OCH3 is 1. The molecule has 0 aliphatic rings. The van der Waals surface area contributed by atoms with Crippen molar-refractivity contribution < 1.29 is 14.3 Å². The van der Waals surface area contributed by atoms with Gasteiger partial charge in [0.2, 0.25) is 0 Å². The molecule has 7 heteroatoms. The van der Waals surface area contributed by atoms with Gasteiger partial charge in [-0.3, -0.25) is 4.68 Å². The zero-order valence-electron chi connectivity index (χ0n) is 19.3. The average Bonchev–Trinajstić information content (AvgIpc) is 3.33. The van der Waals surface area contributed by atoms with Crippen molar-refractivity contribution in [2.24, 2.45) is 12.5 Å². The minimum atomic E-state index is -0.488. The van der Waals surface area contributed by atoms with E-state index in [1.54, 1.807) is 10.7 Å². The van der Waals surface area contributed by atoms with Gasteiger partial charge in [0.05, 0.1) is 36.3 Å². The molecule has 0 amide bonds. The van der Waals surface area contributed by atoms with E-state index in [1.807, 2.05) is 61.1 Å². The summed E-state index contributed by atoms with van der Waals surface area (Å²) in [5.74, 6) is 0.276. The number of carbonyl (C=O) groups is 1. The van der Waals surface area contributed by atoms with E-state index in [2.05, 4.69) is 31.0 Å². The summed E-state index contributed by atoms with van der Waals surface area (Å²) >= 11 is 0. The molecule has 4 aromatic rings. The Kier molecular flexibility index (Phi) is 5.50. The number of hydrogen-bond donors (Lipinski definition) is 0. The summed E-state index contributed by atoms with van der Waals surface area (Å²) in [5.41, 5.74) is 4.63. The van der Waals surface area contributed by atoms with Crippen LogP contribution >= 0.6 is 0 Å². The maximum Gasteiger partial charge on any atom is 0.358 e. The molecule has 0 radical (unpaired) electrons. The molecule has 0 aliphatic carbocycles. The fraction of sp³-hybridized carbons (Fsp3) is 0.320. The van der Waals surface area contributed by atoms with Crippen molar-refractivity contribution in [3.8, 4) is 22.7 Å². The molecule has 0 saturated heterocycles. The van der Waals surface area contributed by atoms with E-state index < -0.39 is 5.97 Å². The van der Waals surface area contributed by atoms with Crippen molar-refractivity contribution in [3.05, 3.63) is 59.9 Å². The summed E-state index contributed by atoms with van der Waals surface area (Å²) < 4.78 is 14.6. The highest BCUT2D eigenvalue weighted by atomic mass is 16.5. The van der Waals surface area contributed by atoms with E-state index in [0.29, 0.717) is 6.61 Å². The minimum absolute atomic E-state index is 0.0445. The number of esters is 1. The number of para-hydroxylation sites is 1. The van der Waals surface area contributed by atoms with E-state index in [-0.39, 0.29) is 11.1 Å². The zero-order valence-corrected chi connectivity index (χ0v) is 19.3. The van der Waals surface area contributed by atoms with Crippen molar-refractivity contribution >= 4 is 16.9 Å². The molecule has 7 nitrogen and oxygen atoms in total. The van der Waals surface area contributed by atoms with Gasteiger partial charge in [0.1, 0.15) is 5.75 Å². The largest absolute Gasteiger partial charge is 0.493 e. The third kappa shape index (κ3) is 4.10. The van der Waals surface area contributed by atoms with Crippen molar-refractivity contribution in [2.45, 2.75) is 27.7 Å². The Labute approximate surface area is 187 Å². The van der Waals surface area contributed by atoms with Crippen molar-refractivity contribution in [1.29, 1.82) is 0 Å². The van der Waals surface area contributed by atoms with Crippen LogP contribution in [0.2, 0.25) is 0 Å². The van der Waals surface area contributed by atoms with Crippen LogP contribution in [0.1, 0.15) is 37.0 Å². The maximum absolute atomic E-state index is 12.3. The first-order valence-corrected chi connectivity index (χ1v) is 10.5. The number of hydrogen-bond acceptors (Lipinski definition) is 5. The van der Waals surface area contributed by atoms with Crippen molar-refractivity contribution in [2.75, 3.05) is 13.7 Å². The van der Waals surface area contributed by atoms with E-state index in [0.717, 1.165) is 39.3 Å². The molecule has 0 spiro atoms. The summed E-state index contributed by atoms with van der Waals surface area (Å²) in [6, 6.07) is 15.5. The molecule has 0 unspecified atom stereocenters. The van der Waals surface area contributed by atoms with Gasteiger partial charge in [-0.15, -0.1) is 0 Å². The van der Waals surface area contributed by atoms with Crippen LogP contribution in [0.15, 0.2) is 48.5 Å². The van der Waals surface area contributed by atoms with Crippen LogP contribution in [0.4, 0.5) is 0 Å². The fourth-order valence-corrected chi connectivity index (χ4v) is 3.68. The monoisotopic (exact) mass is 432 g/mol. The molecule has 4 rings (SSSR count). The molecule has 0 fully saturated rings. The van der Waals surface area contributed by atoms with Crippen molar-refractivity contribution in [1.82, 2.24) is 19.6 Å². The second-order valence-corrected chi connectivity index (χ2v) is 9.08. The first kappa shape index (κ1) is 21.6. The molecule has 0 aliphatic heterocycles. The summed E-state index contributed by atoms with van der Waals surface area (Å²) in [4.78, 5) is 12.3. The van der Waals surface area contributed by atoms with E-state index in [1.165, 1.54) is 7.11 Å². The molecule has 0 bridgehead atoms. The predicted octanol–water partition coefficient (Wildman–Crippen LogP) is 4.95. The number of nitrogens with zero attached hydrogens (tertiary/aromatic N) is 4. The zero-order chi connectivity index (χ0) is 23.0. The first-order valence-electron chi connectivity index (χ1n) is 10.5. The average molecular weight is 433 g/mol. The highest BCUT2D eigenvalue weighted by Gasteiger charge is 2.21. The second kappa shape index (κ2) is 8.15. The smallest absolute Gasteiger partial charge is 0.358 e. The van der Waals surface area contributed by atoms with E-state index >= 15 is 0 Å². The molecular weight excluding hydrogens is 404 g/mol. The number of aromatic nitrogens is 4. The third-order valence-corrected chi connectivity index (χ3v) is 5.16. The van der Waals surface area contributed by atoms with Gasteiger partial charge < -0.3 is 9.47 Å². The highest BCUT2D eigenvalue weighted by Crippen LogP contribution is 2.31. The number of fused-ring (bicyclic) bond motifs is 1. The van der Waals surface area contributed by atoms with Gasteiger partial charge in [0.25, 0.3) is 0 Å². The Morgan fingerprint density at radius 3 is 2.53 bits per heavy atom. The minimum Gasteiger partial charge on any atom is -0.493 e. The van der Waals surface area contributed by atoms with Crippen LogP contribution in [0, 0.1) is 12.3 Å². The van der Waals surface area contributed by atoms with Crippen LogP contribution in [0.3, 0.4) is 0 Å². The third-order valence-electron chi connectivity index (χ3n) is 5.16. The summed E-state index contributed by atoms with van der Waals surface area (Å²) in [6.07, 6.45) is 0. The van der Waals surface area contributed by atoms with Gasteiger partial charge in [-0.1, -0.05) is 45.0 Å². The molecule has 0 saturated carbocycles. The topological polar surface area (TPSA) is 71.2 Å². The standard InChI is InChI=1S/C25H28N4O3/c1-16-19-11-8-12-21(23(19)28(5)26-16)29-22(14-20(27-29)24(30)31-6)17-9-7-10-18(13-17)32-15-25(2,3)4/h7-14H,15H2,1-6H3. The van der Waals surface area contributed by atoms with Gasteiger partial charge in [0, 0.05) is 18.0 Å². The SMILES string of the molecule is COC(=O)c1cc(-c2cccc(OCC(C)(C)C)c2)n(-c2cccc3c(C)nn(C)c23)n1. The Balaban J connectivity index is 1.88. The molecule has 0 atom stereocenters. The van der Waals surface area contributed by atoms with Crippen LogP contribution in [0.5, 0.6) is 5.75 Å². The number of ether oxygens (including phenoxy) is 2. The summed E-state index contributed by atoms with van der Waals surface area (Å²) in [5, 5.41) is 10.2. The molecule has 2 aromatic carbocycles. The first-order chi connectivity index (χ1) is 15.2. The predicted molar refractivity (Wildman–Crippen MR) is 124 cm³/mol. The normalized spacial score (nSPS) is 11.7. The molecule has 0 N–H and O–H groups in total. The van der Waals surface area contributed by atoms with Crippen LogP contribution in [-0.4, -0.2) is 39.2 Å². The molecule has 2 aromatic heterocycles. The van der Waals surface area contributed by atoms with Crippen molar-refractivity contribution in [3.63, 3.8) is 0 Å². The Morgan fingerprint density at radius 1 is 1.06 bits per heavy atom. The van der Waals surface area contributed by atoms with Gasteiger partial charge in [-0.05, 0) is 36.6 Å². The molecule has 166 valence electrons. The fourth-order valence-electron chi connectivity index (χ4n) is 3.68. The highest BCUT2D eigenvalue weighted by molar-refractivity contribution is 5.92. The number of carbonyl (C=O) groups excluding carboxylic acids is 1. The van der Waals surface area contributed by atoms with Crippen LogP contribution in [-0.2, 0) is 11.8 Å². The van der Waals surface area contributed by atoms with Gasteiger partial charge >= 0.3 is 5.97 Å². The molecular formula is C25H28N4O3. The quantitative estimate of drug-likeness (QED) is 0.418. The maximum atomic E-state index is 12.3. The lowest BCUT2D eigenvalue weighted by Gasteiger charge is -2.19. The Bertz CT molecular complexity index is 1290. The molecule has 32 heavy (non-hydrogen) atoms. The second-order valence-electron chi connectivity index (χ2n) is 9.08. The lowest BCUT2D eigenvalue weighted by Crippen LogP contribution is -2.16. The number of benzene rings is 2. The Morgan fingerprint density at radius 2 is 1.81 bits per heavy atom. The summed E-state index contributed by atoms with van der Waals surface area (Å²) in [7, 11) is 3.26. The number of rotatable bonds is 5. The number of aryl methyl sites for hydroxylation is 2. The van der Waals surface area contributed by atoms with Gasteiger partial charge in [-0.2, -0.15) is 10.2 Å². The summed E-state index contributed by atoms with van der Waals surface area (Å²) in [6.45, 7) is 8.96. The Hall–Kier alpha value is -3.61. The lowest BCUT2D eigenvalue weighted by atomic mass is 9.99.